The van der Waals surface area contributed by atoms with Crippen LogP contribution in [-0.4, -0.2) is 24.9 Å². The molecule has 4 heterocycles. The predicted octanol–water partition coefficient (Wildman–Crippen LogP) is 3.66. The van der Waals surface area contributed by atoms with E-state index in [0.717, 1.165) is 15.9 Å². The fourth-order valence-corrected chi connectivity index (χ4v) is 3.70. The molecule has 0 fully saturated rings. The van der Waals surface area contributed by atoms with E-state index in [1.807, 2.05) is 42.5 Å². The SMILES string of the molecule is O=c1cc[nH]c2nc(-c3ccccc3)c(-c3nc4cccnc4s3)nc12. The number of aromatic amines is 1. The number of pyridine rings is 2. The van der Waals surface area contributed by atoms with Gasteiger partial charge in [0.05, 0.1) is 0 Å². The highest BCUT2D eigenvalue weighted by Gasteiger charge is 2.18. The van der Waals surface area contributed by atoms with Crippen molar-refractivity contribution in [2.24, 2.45) is 0 Å². The average molecular weight is 357 g/mol. The number of H-pyrrole nitrogens is 1. The molecule has 0 spiro atoms. The number of fused-ring (bicyclic) bond motifs is 2. The van der Waals surface area contributed by atoms with Gasteiger partial charge >= 0.3 is 0 Å². The van der Waals surface area contributed by atoms with Gasteiger partial charge in [0, 0.05) is 24.0 Å². The Morgan fingerprint density at radius 2 is 1.77 bits per heavy atom. The van der Waals surface area contributed by atoms with Crippen molar-refractivity contribution >= 4 is 32.8 Å². The van der Waals surface area contributed by atoms with Crippen LogP contribution in [0.15, 0.2) is 65.7 Å². The monoisotopic (exact) mass is 357 g/mol. The summed E-state index contributed by atoms with van der Waals surface area (Å²) in [6.07, 6.45) is 3.31. The third-order valence-corrected chi connectivity index (χ3v) is 4.99. The normalized spacial score (nSPS) is 11.2. The van der Waals surface area contributed by atoms with Crippen molar-refractivity contribution in [2.75, 3.05) is 0 Å². The van der Waals surface area contributed by atoms with Crippen molar-refractivity contribution in [1.82, 2.24) is 24.9 Å². The van der Waals surface area contributed by atoms with Gasteiger partial charge in [-0.1, -0.05) is 41.7 Å². The Labute approximate surface area is 151 Å². The van der Waals surface area contributed by atoms with Gasteiger partial charge in [0.15, 0.2) is 11.2 Å². The summed E-state index contributed by atoms with van der Waals surface area (Å²) in [4.78, 5) is 34.4. The Bertz CT molecular complexity index is 1280. The first-order chi connectivity index (χ1) is 12.8. The van der Waals surface area contributed by atoms with E-state index in [1.54, 1.807) is 12.4 Å². The molecule has 0 aliphatic rings. The molecular weight excluding hydrogens is 346 g/mol. The highest BCUT2D eigenvalue weighted by atomic mass is 32.1. The minimum atomic E-state index is -0.175. The maximum Gasteiger partial charge on any atom is 0.209 e. The summed E-state index contributed by atoms with van der Waals surface area (Å²) in [6, 6.07) is 15.0. The number of benzene rings is 1. The predicted molar refractivity (Wildman–Crippen MR) is 102 cm³/mol. The Morgan fingerprint density at radius 1 is 0.885 bits per heavy atom. The topological polar surface area (TPSA) is 84.4 Å². The first kappa shape index (κ1) is 14.9. The molecule has 5 rings (SSSR count). The molecule has 124 valence electrons. The lowest BCUT2D eigenvalue weighted by Gasteiger charge is -2.07. The molecule has 1 N–H and O–H groups in total. The molecule has 0 saturated heterocycles. The molecule has 0 amide bonds. The number of thiazole rings is 1. The zero-order valence-electron chi connectivity index (χ0n) is 13.4. The molecule has 5 aromatic rings. The third-order valence-electron chi connectivity index (χ3n) is 4.00. The van der Waals surface area contributed by atoms with Crippen LogP contribution in [0.3, 0.4) is 0 Å². The van der Waals surface area contributed by atoms with Gasteiger partial charge in [-0.2, -0.15) is 0 Å². The zero-order chi connectivity index (χ0) is 17.5. The first-order valence-electron chi connectivity index (χ1n) is 7.96. The Balaban J connectivity index is 1.87. The lowest BCUT2D eigenvalue weighted by Crippen LogP contribution is -2.06. The van der Waals surface area contributed by atoms with Gasteiger partial charge in [0.25, 0.3) is 0 Å². The molecule has 0 aliphatic heterocycles. The lowest BCUT2D eigenvalue weighted by molar-refractivity contribution is 1.21. The van der Waals surface area contributed by atoms with Gasteiger partial charge in [-0.25, -0.2) is 19.9 Å². The number of nitrogens with one attached hydrogen (secondary N) is 1. The quantitative estimate of drug-likeness (QED) is 0.521. The van der Waals surface area contributed by atoms with Gasteiger partial charge in [-0.05, 0) is 12.1 Å². The number of hydrogen-bond donors (Lipinski definition) is 1. The van der Waals surface area contributed by atoms with Crippen LogP contribution in [-0.2, 0) is 0 Å². The minimum absolute atomic E-state index is 0.175. The maximum absolute atomic E-state index is 12.2. The van der Waals surface area contributed by atoms with E-state index in [0.29, 0.717) is 27.6 Å². The smallest absolute Gasteiger partial charge is 0.209 e. The highest BCUT2D eigenvalue weighted by Crippen LogP contribution is 2.34. The van der Waals surface area contributed by atoms with Crippen LogP contribution in [0.4, 0.5) is 0 Å². The zero-order valence-corrected chi connectivity index (χ0v) is 14.2. The van der Waals surface area contributed by atoms with E-state index in [-0.39, 0.29) is 5.43 Å². The van der Waals surface area contributed by atoms with E-state index < -0.39 is 0 Å². The van der Waals surface area contributed by atoms with E-state index in [2.05, 4.69) is 24.9 Å². The Hall–Kier alpha value is -3.45. The fourth-order valence-electron chi connectivity index (χ4n) is 2.80. The van der Waals surface area contributed by atoms with Crippen LogP contribution in [0.1, 0.15) is 0 Å². The molecule has 0 bridgehead atoms. The van der Waals surface area contributed by atoms with Crippen LogP contribution in [0, 0.1) is 0 Å². The third kappa shape index (κ3) is 2.37. The van der Waals surface area contributed by atoms with Crippen LogP contribution < -0.4 is 5.43 Å². The second kappa shape index (κ2) is 5.82. The second-order valence-corrected chi connectivity index (χ2v) is 6.65. The van der Waals surface area contributed by atoms with Gasteiger partial charge in [0.1, 0.15) is 26.7 Å². The molecule has 6 nitrogen and oxygen atoms in total. The fraction of sp³-hybridized carbons (Fsp3) is 0. The number of aromatic nitrogens is 5. The molecule has 0 atom stereocenters. The summed E-state index contributed by atoms with van der Waals surface area (Å²) in [5.74, 6) is 0. The minimum Gasteiger partial charge on any atom is -0.345 e. The molecule has 0 saturated carbocycles. The number of nitrogens with zero attached hydrogens (tertiary/aromatic N) is 4. The van der Waals surface area contributed by atoms with Crippen LogP contribution in [0.25, 0.3) is 43.5 Å². The van der Waals surface area contributed by atoms with Gasteiger partial charge < -0.3 is 4.98 Å². The van der Waals surface area contributed by atoms with Crippen molar-refractivity contribution < 1.29 is 0 Å². The molecule has 0 radical (unpaired) electrons. The molecule has 4 aromatic heterocycles. The van der Waals surface area contributed by atoms with Crippen LogP contribution in [0.5, 0.6) is 0 Å². The summed E-state index contributed by atoms with van der Waals surface area (Å²) in [7, 11) is 0. The van der Waals surface area contributed by atoms with Crippen molar-refractivity contribution in [1.29, 1.82) is 0 Å². The lowest BCUT2D eigenvalue weighted by atomic mass is 10.1. The van der Waals surface area contributed by atoms with Gasteiger partial charge in [-0.15, -0.1) is 0 Å². The van der Waals surface area contributed by atoms with E-state index in [1.165, 1.54) is 17.4 Å². The van der Waals surface area contributed by atoms with E-state index >= 15 is 0 Å². The van der Waals surface area contributed by atoms with Crippen LogP contribution >= 0.6 is 11.3 Å². The summed E-state index contributed by atoms with van der Waals surface area (Å²) >= 11 is 1.44. The van der Waals surface area contributed by atoms with Crippen molar-refractivity contribution in [3.05, 3.63) is 71.1 Å². The summed E-state index contributed by atoms with van der Waals surface area (Å²) < 4.78 is 0. The summed E-state index contributed by atoms with van der Waals surface area (Å²) in [5, 5.41) is 0.690. The molecule has 0 unspecified atom stereocenters. The van der Waals surface area contributed by atoms with E-state index in [9.17, 15) is 4.79 Å². The van der Waals surface area contributed by atoms with Crippen molar-refractivity contribution in [3.63, 3.8) is 0 Å². The van der Waals surface area contributed by atoms with E-state index in [4.69, 9.17) is 0 Å². The van der Waals surface area contributed by atoms with Crippen molar-refractivity contribution in [2.45, 2.75) is 0 Å². The molecule has 0 aliphatic carbocycles. The standard InChI is InChI=1S/C19H11N5OS/c25-13-8-10-20-17-15(13)23-16(14(24-17)11-5-2-1-3-6-11)19-22-12-7-4-9-21-18(12)26-19/h1-10H,(H,20,24,25). The summed E-state index contributed by atoms with van der Waals surface area (Å²) in [6.45, 7) is 0. The summed E-state index contributed by atoms with van der Waals surface area (Å²) in [5.41, 5.74) is 3.56. The average Bonchev–Trinajstić information content (AvgIpc) is 3.12. The molecular formula is C19H11N5OS. The van der Waals surface area contributed by atoms with Gasteiger partial charge in [-0.3, -0.25) is 4.79 Å². The Kier molecular flexibility index (Phi) is 3.32. The van der Waals surface area contributed by atoms with Crippen molar-refractivity contribution in [3.8, 4) is 22.0 Å². The number of rotatable bonds is 2. The molecule has 7 heteroatoms. The maximum atomic E-state index is 12.2. The molecule has 1 aromatic carbocycles. The molecule has 26 heavy (non-hydrogen) atoms. The second-order valence-electron chi connectivity index (χ2n) is 5.67. The Morgan fingerprint density at radius 3 is 2.62 bits per heavy atom. The highest BCUT2D eigenvalue weighted by molar-refractivity contribution is 7.21. The largest absolute Gasteiger partial charge is 0.345 e. The number of hydrogen-bond acceptors (Lipinski definition) is 6. The van der Waals surface area contributed by atoms with Gasteiger partial charge in [0.2, 0.25) is 5.43 Å². The van der Waals surface area contributed by atoms with Crippen LogP contribution in [0.2, 0.25) is 0 Å². The first-order valence-corrected chi connectivity index (χ1v) is 8.78.